The normalized spacial score (nSPS) is 19.0. The summed E-state index contributed by atoms with van der Waals surface area (Å²) in [6.45, 7) is 8.46. The van der Waals surface area contributed by atoms with Crippen molar-refractivity contribution in [3.05, 3.63) is 54.6 Å². The number of piperidine rings is 1. The van der Waals surface area contributed by atoms with Gasteiger partial charge in [-0.1, -0.05) is 18.2 Å². The van der Waals surface area contributed by atoms with Gasteiger partial charge in [-0.2, -0.15) is 0 Å². The predicted octanol–water partition coefficient (Wildman–Crippen LogP) is 3.81. The number of carboxylic acid groups (broad SMARTS) is 1. The number of carbonyl (C=O) groups is 2. The number of rotatable bonds is 9. The number of ether oxygens (including phenoxy) is 3. The summed E-state index contributed by atoms with van der Waals surface area (Å²) < 4.78 is 16.4. The minimum absolute atomic E-state index is 0.0834. The van der Waals surface area contributed by atoms with Crippen molar-refractivity contribution in [1.82, 2.24) is 4.90 Å². The Balaban J connectivity index is 2.37. The van der Waals surface area contributed by atoms with Gasteiger partial charge in [0, 0.05) is 12.1 Å². The van der Waals surface area contributed by atoms with Crippen LogP contribution in [0.2, 0.25) is 0 Å². The van der Waals surface area contributed by atoms with Crippen molar-refractivity contribution >= 4 is 12.1 Å². The van der Waals surface area contributed by atoms with Gasteiger partial charge in [0.05, 0.1) is 38.0 Å². The first-order chi connectivity index (χ1) is 13.5. The summed E-state index contributed by atoms with van der Waals surface area (Å²) in [5.41, 5.74) is 1.04. The summed E-state index contributed by atoms with van der Waals surface area (Å²) in [5.74, 6) is -0.0172. The van der Waals surface area contributed by atoms with Gasteiger partial charge in [0.15, 0.2) is 0 Å². The molecule has 0 aliphatic carbocycles. The van der Waals surface area contributed by atoms with Gasteiger partial charge >= 0.3 is 12.1 Å². The van der Waals surface area contributed by atoms with Crippen LogP contribution >= 0.6 is 0 Å². The van der Waals surface area contributed by atoms with Gasteiger partial charge in [-0.15, -0.1) is 13.2 Å². The van der Waals surface area contributed by atoms with Gasteiger partial charge < -0.3 is 24.2 Å². The Kier molecular flexibility index (Phi) is 8.07. The molecule has 7 heteroatoms. The standard InChI is InChI=1S/C21H27NO6/c1-4-6-12-28-19-13-15(20(23)26-3)7-8-17(19)18-14-16(27-11-5-2)9-10-22(18)21(24)25/h4-5,7-8,13,16,18H,1-2,6,9-12,14H2,3H3,(H,24,25). The number of esters is 1. The van der Waals surface area contributed by atoms with Crippen LogP contribution in [-0.2, 0) is 9.47 Å². The van der Waals surface area contributed by atoms with Crippen LogP contribution in [0, 0.1) is 0 Å². The Bertz CT molecular complexity index is 717. The molecule has 2 atom stereocenters. The smallest absolute Gasteiger partial charge is 0.407 e. The molecule has 1 aromatic carbocycles. The molecule has 0 aromatic heterocycles. The molecular formula is C21H27NO6. The molecule has 0 bridgehead atoms. The molecule has 1 aliphatic heterocycles. The van der Waals surface area contributed by atoms with E-state index in [0.717, 1.165) is 0 Å². The molecule has 2 rings (SSSR count). The molecule has 1 aliphatic rings. The van der Waals surface area contributed by atoms with Crippen molar-refractivity contribution < 1.29 is 28.9 Å². The molecule has 152 valence electrons. The molecule has 1 heterocycles. The lowest BCUT2D eigenvalue weighted by molar-refractivity contribution is -0.000309. The monoisotopic (exact) mass is 389 g/mol. The zero-order chi connectivity index (χ0) is 20.5. The molecule has 1 aromatic rings. The zero-order valence-electron chi connectivity index (χ0n) is 16.1. The van der Waals surface area contributed by atoms with E-state index >= 15 is 0 Å². The number of methoxy groups -OCH3 is 1. The van der Waals surface area contributed by atoms with E-state index in [4.69, 9.17) is 14.2 Å². The maximum atomic E-state index is 11.9. The predicted molar refractivity (Wildman–Crippen MR) is 105 cm³/mol. The topological polar surface area (TPSA) is 85.3 Å². The third-order valence-corrected chi connectivity index (χ3v) is 4.62. The summed E-state index contributed by atoms with van der Waals surface area (Å²) in [7, 11) is 1.31. The summed E-state index contributed by atoms with van der Waals surface area (Å²) in [6.07, 6.45) is 4.06. The van der Waals surface area contributed by atoms with E-state index in [1.54, 1.807) is 30.4 Å². The maximum absolute atomic E-state index is 11.9. The second kappa shape index (κ2) is 10.5. The number of benzene rings is 1. The average Bonchev–Trinajstić information content (AvgIpc) is 2.71. The second-order valence-electron chi connectivity index (χ2n) is 6.43. The fourth-order valence-corrected chi connectivity index (χ4v) is 3.24. The fourth-order valence-electron chi connectivity index (χ4n) is 3.24. The Morgan fingerprint density at radius 3 is 2.75 bits per heavy atom. The number of hydrogen-bond donors (Lipinski definition) is 1. The van der Waals surface area contributed by atoms with Gasteiger partial charge in [-0.25, -0.2) is 9.59 Å². The van der Waals surface area contributed by atoms with Gasteiger partial charge in [0.1, 0.15) is 5.75 Å². The van der Waals surface area contributed by atoms with Crippen molar-refractivity contribution in [3.63, 3.8) is 0 Å². The first-order valence-corrected chi connectivity index (χ1v) is 9.19. The molecule has 1 N–H and O–H groups in total. The summed E-state index contributed by atoms with van der Waals surface area (Å²) in [4.78, 5) is 25.1. The lowest BCUT2D eigenvalue weighted by Gasteiger charge is -2.38. The highest BCUT2D eigenvalue weighted by Crippen LogP contribution is 2.38. The summed E-state index contributed by atoms with van der Waals surface area (Å²) >= 11 is 0. The highest BCUT2D eigenvalue weighted by atomic mass is 16.5. The van der Waals surface area contributed by atoms with Crippen molar-refractivity contribution in [3.8, 4) is 5.75 Å². The van der Waals surface area contributed by atoms with Gasteiger partial charge in [0.2, 0.25) is 0 Å². The lowest BCUT2D eigenvalue weighted by Crippen LogP contribution is -2.42. The fraction of sp³-hybridized carbons (Fsp3) is 0.429. The third kappa shape index (κ3) is 5.36. The Labute approximate surface area is 165 Å². The summed E-state index contributed by atoms with van der Waals surface area (Å²) in [6, 6.07) is 4.51. The second-order valence-corrected chi connectivity index (χ2v) is 6.43. The number of likely N-dealkylation sites (tertiary alicyclic amines) is 1. The summed E-state index contributed by atoms with van der Waals surface area (Å²) in [5, 5.41) is 9.66. The first-order valence-electron chi connectivity index (χ1n) is 9.19. The lowest BCUT2D eigenvalue weighted by atomic mass is 9.92. The van der Waals surface area contributed by atoms with Crippen LogP contribution in [0.4, 0.5) is 4.79 Å². The minimum atomic E-state index is -0.999. The van der Waals surface area contributed by atoms with Crippen LogP contribution in [0.3, 0.4) is 0 Å². The Morgan fingerprint density at radius 1 is 1.32 bits per heavy atom. The van der Waals surface area contributed by atoms with Crippen LogP contribution < -0.4 is 4.74 Å². The van der Waals surface area contributed by atoms with Gasteiger partial charge in [-0.05, 0) is 31.4 Å². The van der Waals surface area contributed by atoms with Crippen molar-refractivity contribution in [2.24, 2.45) is 0 Å². The molecule has 1 saturated heterocycles. The van der Waals surface area contributed by atoms with Crippen LogP contribution in [0.15, 0.2) is 43.5 Å². The maximum Gasteiger partial charge on any atom is 0.407 e. The Hall–Kier alpha value is -2.80. The van der Waals surface area contributed by atoms with E-state index in [2.05, 4.69) is 13.2 Å². The minimum Gasteiger partial charge on any atom is -0.493 e. The van der Waals surface area contributed by atoms with Crippen molar-refractivity contribution in [2.45, 2.75) is 31.4 Å². The van der Waals surface area contributed by atoms with E-state index < -0.39 is 18.1 Å². The molecule has 0 radical (unpaired) electrons. The highest BCUT2D eigenvalue weighted by Gasteiger charge is 2.35. The Morgan fingerprint density at radius 2 is 2.11 bits per heavy atom. The van der Waals surface area contributed by atoms with Crippen LogP contribution in [0.1, 0.15) is 41.2 Å². The SMILES string of the molecule is C=CCCOc1cc(C(=O)OC)ccc1C1CC(OCC=C)CCN1C(=O)O. The molecular weight excluding hydrogens is 362 g/mol. The van der Waals surface area contributed by atoms with Crippen LogP contribution in [-0.4, -0.2) is 55.0 Å². The van der Waals surface area contributed by atoms with Crippen molar-refractivity contribution in [2.75, 3.05) is 26.9 Å². The quantitative estimate of drug-likeness (QED) is 0.393. The number of amides is 1. The molecule has 28 heavy (non-hydrogen) atoms. The van der Waals surface area contributed by atoms with E-state index in [9.17, 15) is 14.7 Å². The molecule has 2 unspecified atom stereocenters. The van der Waals surface area contributed by atoms with Gasteiger partial charge in [0.25, 0.3) is 0 Å². The van der Waals surface area contributed by atoms with Crippen LogP contribution in [0.5, 0.6) is 5.75 Å². The number of hydrogen-bond acceptors (Lipinski definition) is 5. The highest BCUT2D eigenvalue weighted by molar-refractivity contribution is 5.90. The number of carbonyl (C=O) groups excluding carboxylic acids is 1. The van der Waals surface area contributed by atoms with Crippen LogP contribution in [0.25, 0.3) is 0 Å². The van der Waals surface area contributed by atoms with Crippen molar-refractivity contribution in [1.29, 1.82) is 0 Å². The van der Waals surface area contributed by atoms with E-state index in [0.29, 0.717) is 55.9 Å². The largest absolute Gasteiger partial charge is 0.493 e. The third-order valence-electron chi connectivity index (χ3n) is 4.62. The van der Waals surface area contributed by atoms with E-state index in [1.807, 2.05) is 0 Å². The molecule has 1 fully saturated rings. The first kappa shape index (κ1) is 21.5. The molecule has 0 saturated carbocycles. The van der Waals surface area contributed by atoms with E-state index in [-0.39, 0.29) is 6.10 Å². The number of nitrogens with zero attached hydrogens (tertiary/aromatic N) is 1. The molecule has 0 spiro atoms. The molecule has 1 amide bonds. The zero-order valence-corrected chi connectivity index (χ0v) is 16.1. The molecule has 7 nitrogen and oxygen atoms in total. The van der Waals surface area contributed by atoms with Gasteiger partial charge in [-0.3, -0.25) is 0 Å². The van der Waals surface area contributed by atoms with E-state index in [1.165, 1.54) is 12.0 Å². The average molecular weight is 389 g/mol.